The van der Waals surface area contributed by atoms with Gasteiger partial charge in [-0.25, -0.2) is 0 Å². The number of oxime groups is 1. The van der Waals surface area contributed by atoms with E-state index in [0.717, 1.165) is 19.3 Å². The summed E-state index contributed by atoms with van der Waals surface area (Å²) in [5.74, 6) is 0.217. The van der Waals surface area contributed by atoms with Gasteiger partial charge >= 0.3 is 0 Å². The van der Waals surface area contributed by atoms with Crippen LogP contribution in [0.5, 0.6) is 0 Å². The fraction of sp³-hybridized carbons (Fsp3) is 0.909. The third-order valence-corrected chi connectivity index (χ3v) is 2.64. The Kier molecular flexibility index (Phi) is 7.08. The van der Waals surface area contributed by atoms with E-state index in [0.29, 0.717) is 13.0 Å². The molecule has 0 rings (SSSR count). The number of nitrogens with one attached hydrogen (secondary N) is 1. The minimum atomic E-state index is -0.687. The van der Waals surface area contributed by atoms with E-state index < -0.39 is 5.60 Å². The highest BCUT2D eigenvalue weighted by molar-refractivity contribution is 5.80. The van der Waals surface area contributed by atoms with Crippen LogP contribution in [0.3, 0.4) is 0 Å². The monoisotopic (exact) mass is 231 g/mol. The zero-order chi connectivity index (χ0) is 12.6. The second-order valence-corrected chi connectivity index (χ2v) is 4.53. The Morgan fingerprint density at radius 3 is 2.56 bits per heavy atom. The van der Waals surface area contributed by atoms with Crippen LogP contribution in [0.4, 0.5) is 0 Å². The predicted molar refractivity (Wildman–Crippen MR) is 65.6 cm³/mol. The van der Waals surface area contributed by atoms with E-state index in [2.05, 4.69) is 10.5 Å². The molecule has 0 aliphatic rings. The summed E-state index contributed by atoms with van der Waals surface area (Å²) < 4.78 is 0. The van der Waals surface area contributed by atoms with Gasteiger partial charge in [-0.15, -0.1) is 0 Å². The maximum atomic E-state index is 9.98. The Balaban J connectivity index is 4.04. The largest absolute Gasteiger partial charge is 0.409 e. The first kappa shape index (κ1) is 15.2. The molecule has 0 spiro atoms. The SMILES string of the molecule is CCCC(C)(O)CNC(CC)CC(N)=NO. The first-order valence-corrected chi connectivity index (χ1v) is 5.87. The molecule has 5 heteroatoms. The number of rotatable bonds is 8. The Morgan fingerprint density at radius 2 is 2.12 bits per heavy atom. The highest BCUT2D eigenvalue weighted by atomic mass is 16.4. The highest BCUT2D eigenvalue weighted by Gasteiger charge is 2.20. The summed E-state index contributed by atoms with van der Waals surface area (Å²) in [7, 11) is 0. The van der Waals surface area contributed by atoms with Crippen LogP contribution < -0.4 is 11.1 Å². The summed E-state index contributed by atoms with van der Waals surface area (Å²) in [6, 6.07) is 0.138. The fourth-order valence-corrected chi connectivity index (χ4v) is 1.65. The van der Waals surface area contributed by atoms with Crippen molar-refractivity contribution in [3.8, 4) is 0 Å². The first-order valence-electron chi connectivity index (χ1n) is 5.87. The van der Waals surface area contributed by atoms with Gasteiger partial charge in [-0.1, -0.05) is 25.4 Å². The zero-order valence-electron chi connectivity index (χ0n) is 10.5. The number of nitrogens with two attached hydrogens (primary N) is 1. The fourth-order valence-electron chi connectivity index (χ4n) is 1.65. The molecule has 0 aliphatic carbocycles. The van der Waals surface area contributed by atoms with Gasteiger partial charge in [-0.2, -0.15) is 0 Å². The molecule has 0 amide bonds. The summed E-state index contributed by atoms with van der Waals surface area (Å²) in [6.45, 7) is 6.41. The van der Waals surface area contributed by atoms with Gasteiger partial charge in [-0.3, -0.25) is 0 Å². The van der Waals surface area contributed by atoms with Crippen LogP contribution in [0.1, 0.15) is 46.5 Å². The Labute approximate surface area is 97.7 Å². The molecule has 0 aromatic heterocycles. The quantitative estimate of drug-likeness (QED) is 0.217. The second-order valence-electron chi connectivity index (χ2n) is 4.53. The summed E-state index contributed by atoms with van der Waals surface area (Å²) >= 11 is 0. The van der Waals surface area contributed by atoms with Gasteiger partial charge < -0.3 is 21.4 Å². The third kappa shape index (κ3) is 6.63. The van der Waals surface area contributed by atoms with Crippen molar-refractivity contribution in [2.75, 3.05) is 6.54 Å². The maximum absolute atomic E-state index is 9.98. The van der Waals surface area contributed by atoms with Crippen LogP contribution in [0.15, 0.2) is 5.16 Å². The lowest BCUT2D eigenvalue weighted by Gasteiger charge is -2.26. The van der Waals surface area contributed by atoms with E-state index in [9.17, 15) is 5.11 Å². The van der Waals surface area contributed by atoms with Crippen molar-refractivity contribution >= 4 is 5.84 Å². The molecule has 0 aromatic rings. The van der Waals surface area contributed by atoms with Crippen molar-refractivity contribution in [3.63, 3.8) is 0 Å². The van der Waals surface area contributed by atoms with E-state index in [-0.39, 0.29) is 11.9 Å². The average molecular weight is 231 g/mol. The smallest absolute Gasteiger partial charge is 0.140 e. The molecule has 0 fully saturated rings. The predicted octanol–water partition coefficient (Wildman–Crippen LogP) is 1.04. The lowest BCUT2D eigenvalue weighted by molar-refractivity contribution is 0.0472. The molecule has 0 radical (unpaired) electrons. The lowest BCUT2D eigenvalue weighted by atomic mass is 9.99. The summed E-state index contributed by atoms with van der Waals surface area (Å²) in [4.78, 5) is 0. The molecule has 0 aliphatic heterocycles. The third-order valence-electron chi connectivity index (χ3n) is 2.64. The molecule has 16 heavy (non-hydrogen) atoms. The number of nitrogens with zero attached hydrogens (tertiary/aromatic N) is 1. The average Bonchev–Trinajstić information content (AvgIpc) is 2.23. The summed E-state index contributed by atoms with van der Waals surface area (Å²) in [5.41, 5.74) is 4.76. The number of amidine groups is 1. The van der Waals surface area contributed by atoms with E-state index >= 15 is 0 Å². The number of hydrogen-bond donors (Lipinski definition) is 4. The van der Waals surface area contributed by atoms with Gasteiger partial charge in [0, 0.05) is 19.0 Å². The Bertz CT molecular complexity index is 217. The van der Waals surface area contributed by atoms with Gasteiger partial charge in [0.2, 0.25) is 0 Å². The molecule has 2 atom stereocenters. The van der Waals surface area contributed by atoms with Crippen molar-refractivity contribution < 1.29 is 10.3 Å². The molecular weight excluding hydrogens is 206 g/mol. The molecule has 96 valence electrons. The van der Waals surface area contributed by atoms with Crippen molar-refractivity contribution in [3.05, 3.63) is 0 Å². The molecule has 2 unspecified atom stereocenters. The minimum absolute atomic E-state index is 0.138. The summed E-state index contributed by atoms with van der Waals surface area (Å²) in [6.07, 6.45) is 3.08. The molecule has 0 aromatic carbocycles. The van der Waals surface area contributed by atoms with Crippen molar-refractivity contribution in [2.45, 2.75) is 58.1 Å². The standard InChI is InChI=1S/C11H25N3O2/c1-4-6-11(3,15)8-13-9(5-2)7-10(12)14-16/h9,13,15-16H,4-8H2,1-3H3,(H2,12,14). The minimum Gasteiger partial charge on any atom is -0.409 e. The van der Waals surface area contributed by atoms with Crippen LogP contribution in [0.2, 0.25) is 0 Å². The van der Waals surface area contributed by atoms with E-state index in [1.807, 2.05) is 20.8 Å². The Morgan fingerprint density at radius 1 is 1.50 bits per heavy atom. The van der Waals surface area contributed by atoms with Gasteiger partial charge in [0.25, 0.3) is 0 Å². The molecule has 0 saturated heterocycles. The van der Waals surface area contributed by atoms with Crippen molar-refractivity contribution in [1.29, 1.82) is 0 Å². The first-order chi connectivity index (χ1) is 7.45. The van der Waals surface area contributed by atoms with Crippen LogP contribution in [0.25, 0.3) is 0 Å². The second kappa shape index (κ2) is 7.46. The molecule has 0 bridgehead atoms. The van der Waals surface area contributed by atoms with Crippen LogP contribution in [0, 0.1) is 0 Å². The van der Waals surface area contributed by atoms with Gasteiger partial charge in [0.05, 0.1) is 5.60 Å². The van der Waals surface area contributed by atoms with Gasteiger partial charge in [0.15, 0.2) is 0 Å². The van der Waals surface area contributed by atoms with Crippen LogP contribution in [-0.4, -0.2) is 34.3 Å². The van der Waals surface area contributed by atoms with E-state index in [1.165, 1.54) is 0 Å². The molecule has 5 N–H and O–H groups in total. The van der Waals surface area contributed by atoms with Gasteiger partial charge in [0.1, 0.15) is 5.84 Å². The van der Waals surface area contributed by atoms with Crippen LogP contribution >= 0.6 is 0 Å². The van der Waals surface area contributed by atoms with Crippen molar-refractivity contribution in [2.24, 2.45) is 10.9 Å². The zero-order valence-corrected chi connectivity index (χ0v) is 10.5. The van der Waals surface area contributed by atoms with E-state index in [1.54, 1.807) is 0 Å². The highest BCUT2D eigenvalue weighted by Crippen LogP contribution is 2.11. The normalized spacial score (nSPS) is 18.1. The Hall–Kier alpha value is -0.810. The molecule has 0 saturated carbocycles. The summed E-state index contributed by atoms with van der Waals surface area (Å²) in [5, 5.41) is 24.6. The van der Waals surface area contributed by atoms with E-state index in [4.69, 9.17) is 10.9 Å². The molecule has 5 nitrogen and oxygen atoms in total. The topological polar surface area (TPSA) is 90.9 Å². The van der Waals surface area contributed by atoms with Gasteiger partial charge in [-0.05, 0) is 19.8 Å². The number of hydrogen-bond acceptors (Lipinski definition) is 4. The van der Waals surface area contributed by atoms with Crippen LogP contribution in [-0.2, 0) is 0 Å². The molecule has 0 heterocycles. The molecular formula is C11H25N3O2. The maximum Gasteiger partial charge on any atom is 0.140 e. The van der Waals surface area contributed by atoms with Crippen molar-refractivity contribution in [1.82, 2.24) is 5.32 Å². The number of aliphatic hydroxyl groups is 1. The lowest BCUT2D eigenvalue weighted by Crippen LogP contribution is -2.43.